The Hall–Kier alpha value is -0.120. The molecule has 0 aromatic rings. The standard InChI is InChI=1S/C11H25NO2/c1-3-4-5-6-7-8-14-10-11(12)9-13-2/h11H,3-10,12H2,1-2H3. The van der Waals surface area contributed by atoms with Crippen LogP contribution in [0.25, 0.3) is 0 Å². The second-order valence-electron chi connectivity index (χ2n) is 3.70. The molecular weight excluding hydrogens is 178 g/mol. The lowest BCUT2D eigenvalue weighted by Gasteiger charge is -2.10. The summed E-state index contributed by atoms with van der Waals surface area (Å²) < 4.78 is 10.3. The molecule has 0 saturated heterocycles. The summed E-state index contributed by atoms with van der Waals surface area (Å²) in [6.07, 6.45) is 6.37. The molecule has 0 aromatic carbocycles. The van der Waals surface area contributed by atoms with E-state index in [1.54, 1.807) is 7.11 Å². The molecule has 86 valence electrons. The Labute approximate surface area is 88.0 Å². The van der Waals surface area contributed by atoms with Crippen LogP contribution in [0, 0.1) is 0 Å². The van der Waals surface area contributed by atoms with E-state index >= 15 is 0 Å². The molecule has 0 spiro atoms. The molecule has 0 rings (SSSR count). The van der Waals surface area contributed by atoms with Crippen molar-refractivity contribution in [1.29, 1.82) is 0 Å². The van der Waals surface area contributed by atoms with E-state index in [1.165, 1.54) is 25.7 Å². The van der Waals surface area contributed by atoms with Crippen molar-refractivity contribution in [2.24, 2.45) is 5.73 Å². The van der Waals surface area contributed by atoms with E-state index in [2.05, 4.69) is 6.92 Å². The van der Waals surface area contributed by atoms with Crippen LogP contribution in [-0.2, 0) is 9.47 Å². The van der Waals surface area contributed by atoms with Gasteiger partial charge < -0.3 is 15.2 Å². The molecule has 14 heavy (non-hydrogen) atoms. The number of rotatable bonds is 10. The fraction of sp³-hybridized carbons (Fsp3) is 1.00. The van der Waals surface area contributed by atoms with E-state index in [-0.39, 0.29) is 6.04 Å². The van der Waals surface area contributed by atoms with Crippen molar-refractivity contribution in [3.63, 3.8) is 0 Å². The number of methoxy groups -OCH3 is 1. The third kappa shape index (κ3) is 9.96. The molecule has 0 aliphatic heterocycles. The van der Waals surface area contributed by atoms with Crippen LogP contribution in [0.4, 0.5) is 0 Å². The molecule has 0 bridgehead atoms. The van der Waals surface area contributed by atoms with Crippen molar-refractivity contribution in [3.8, 4) is 0 Å². The Morgan fingerprint density at radius 2 is 1.79 bits per heavy atom. The average molecular weight is 203 g/mol. The zero-order valence-electron chi connectivity index (χ0n) is 9.63. The van der Waals surface area contributed by atoms with E-state index in [4.69, 9.17) is 15.2 Å². The molecule has 0 aromatic heterocycles. The lowest BCUT2D eigenvalue weighted by molar-refractivity contribution is 0.0846. The number of hydrogen-bond donors (Lipinski definition) is 1. The van der Waals surface area contributed by atoms with Crippen LogP contribution in [0.2, 0.25) is 0 Å². The molecule has 0 aliphatic carbocycles. The quantitative estimate of drug-likeness (QED) is 0.552. The van der Waals surface area contributed by atoms with Crippen molar-refractivity contribution in [1.82, 2.24) is 0 Å². The summed E-state index contributed by atoms with van der Waals surface area (Å²) >= 11 is 0. The van der Waals surface area contributed by atoms with Crippen molar-refractivity contribution in [2.75, 3.05) is 26.9 Å². The minimum Gasteiger partial charge on any atom is -0.383 e. The molecule has 2 N–H and O–H groups in total. The van der Waals surface area contributed by atoms with Gasteiger partial charge in [0.1, 0.15) is 0 Å². The van der Waals surface area contributed by atoms with E-state index in [0.717, 1.165) is 13.0 Å². The monoisotopic (exact) mass is 203 g/mol. The van der Waals surface area contributed by atoms with Gasteiger partial charge in [-0.3, -0.25) is 0 Å². The van der Waals surface area contributed by atoms with Crippen LogP contribution in [0.15, 0.2) is 0 Å². The zero-order chi connectivity index (χ0) is 10.6. The lowest BCUT2D eigenvalue weighted by atomic mass is 10.2. The maximum atomic E-state index is 5.70. The summed E-state index contributed by atoms with van der Waals surface area (Å²) in [5.74, 6) is 0. The van der Waals surface area contributed by atoms with Crippen LogP contribution in [-0.4, -0.2) is 33.0 Å². The van der Waals surface area contributed by atoms with Gasteiger partial charge in [-0.25, -0.2) is 0 Å². The summed E-state index contributed by atoms with van der Waals surface area (Å²) in [5, 5.41) is 0. The Balaban J connectivity index is 2.98. The van der Waals surface area contributed by atoms with E-state index in [0.29, 0.717) is 13.2 Å². The van der Waals surface area contributed by atoms with E-state index in [9.17, 15) is 0 Å². The van der Waals surface area contributed by atoms with Gasteiger partial charge in [0, 0.05) is 13.7 Å². The van der Waals surface area contributed by atoms with Gasteiger partial charge in [-0.1, -0.05) is 32.6 Å². The largest absolute Gasteiger partial charge is 0.383 e. The highest BCUT2D eigenvalue weighted by molar-refractivity contribution is 4.56. The van der Waals surface area contributed by atoms with Crippen LogP contribution in [0.3, 0.4) is 0 Å². The van der Waals surface area contributed by atoms with E-state index in [1.807, 2.05) is 0 Å². The molecule has 0 fully saturated rings. The third-order valence-electron chi connectivity index (χ3n) is 2.10. The minimum absolute atomic E-state index is 0.0237. The van der Waals surface area contributed by atoms with Crippen LogP contribution in [0.1, 0.15) is 39.0 Å². The summed E-state index contributed by atoms with van der Waals surface area (Å²) in [6.45, 7) is 4.25. The maximum Gasteiger partial charge on any atom is 0.0640 e. The molecule has 1 atom stereocenters. The first-order valence-corrected chi connectivity index (χ1v) is 5.63. The molecule has 0 heterocycles. The van der Waals surface area contributed by atoms with Gasteiger partial charge in [-0.2, -0.15) is 0 Å². The fourth-order valence-corrected chi connectivity index (χ4v) is 1.30. The Kier molecular flexibility index (Phi) is 10.9. The molecule has 0 amide bonds. The van der Waals surface area contributed by atoms with Crippen LogP contribution < -0.4 is 5.73 Å². The topological polar surface area (TPSA) is 44.5 Å². The van der Waals surface area contributed by atoms with Gasteiger partial charge in [0.15, 0.2) is 0 Å². The predicted molar refractivity (Wildman–Crippen MR) is 59.4 cm³/mol. The van der Waals surface area contributed by atoms with Crippen molar-refractivity contribution in [3.05, 3.63) is 0 Å². The smallest absolute Gasteiger partial charge is 0.0640 e. The lowest BCUT2D eigenvalue weighted by Crippen LogP contribution is -2.31. The number of nitrogens with two attached hydrogens (primary N) is 1. The number of ether oxygens (including phenoxy) is 2. The second kappa shape index (κ2) is 11.0. The van der Waals surface area contributed by atoms with Crippen LogP contribution >= 0.6 is 0 Å². The van der Waals surface area contributed by atoms with E-state index < -0.39 is 0 Å². The summed E-state index contributed by atoms with van der Waals surface area (Å²) in [6, 6.07) is 0.0237. The first kappa shape index (κ1) is 13.9. The van der Waals surface area contributed by atoms with Gasteiger partial charge in [-0.15, -0.1) is 0 Å². The van der Waals surface area contributed by atoms with Crippen molar-refractivity contribution >= 4 is 0 Å². The first-order chi connectivity index (χ1) is 6.81. The third-order valence-corrected chi connectivity index (χ3v) is 2.10. The zero-order valence-corrected chi connectivity index (χ0v) is 9.63. The first-order valence-electron chi connectivity index (χ1n) is 5.63. The van der Waals surface area contributed by atoms with Gasteiger partial charge in [0.05, 0.1) is 19.3 Å². The summed E-state index contributed by atoms with van der Waals surface area (Å²) in [7, 11) is 1.66. The second-order valence-corrected chi connectivity index (χ2v) is 3.70. The molecule has 0 radical (unpaired) electrons. The number of hydrogen-bond acceptors (Lipinski definition) is 3. The molecule has 1 unspecified atom stereocenters. The molecule has 3 heteroatoms. The van der Waals surface area contributed by atoms with Crippen molar-refractivity contribution in [2.45, 2.75) is 45.1 Å². The van der Waals surface area contributed by atoms with Gasteiger partial charge in [0.25, 0.3) is 0 Å². The van der Waals surface area contributed by atoms with Crippen molar-refractivity contribution < 1.29 is 9.47 Å². The molecule has 0 aliphatic rings. The summed E-state index contributed by atoms with van der Waals surface area (Å²) in [4.78, 5) is 0. The van der Waals surface area contributed by atoms with Gasteiger partial charge >= 0.3 is 0 Å². The SMILES string of the molecule is CCCCCCCOCC(N)COC. The van der Waals surface area contributed by atoms with Crippen LogP contribution in [0.5, 0.6) is 0 Å². The Bertz CT molecular complexity index is 109. The Morgan fingerprint density at radius 3 is 2.43 bits per heavy atom. The van der Waals surface area contributed by atoms with Gasteiger partial charge in [-0.05, 0) is 6.42 Å². The molecule has 0 saturated carbocycles. The Morgan fingerprint density at radius 1 is 1.07 bits per heavy atom. The highest BCUT2D eigenvalue weighted by Crippen LogP contribution is 2.02. The fourth-order valence-electron chi connectivity index (χ4n) is 1.30. The highest BCUT2D eigenvalue weighted by atomic mass is 16.5. The molecular formula is C11H25NO2. The molecule has 3 nitrogen and oxygen atoms in total. The maximum absolute atomic E-state index is 5.70. The summed E-state index contributed by atoms with van der Waals surface area (Å²) in [5.41, 5.74) is 5.70. The normalized spacial score (nSPS) is 13.1. The number of unbranched alkanes of at least 4 members (excludes halogenated alkanes) is 4. The minimum atomic E-state index is 0.0237. The predicted octanol–water partition coefficient (Wildman–Crippen LogP) is 1.95. The highest BCUT2D eigenvalue weighted by Gasteiger charge is 2.00. The average Bonchev–Trinajstić information content (AvgIpc) is 2.17. The van der Waals surface area contributed by atoms with Gasteiger partial charge in [0.2, 0.25) is 0 Å².